The van der Waals surface area contributed by atoms with Crippen LogP contribution in [-0.4, -0.2) is 26.1 Å². The molecule has 0 radical (unpaired) electrons. The topological polar surface area (TPSA) is 68.0 Å². The molecule has 0 aliphatic carbocycles. The van der Waals surface area contributed by atoms with Crippen LogP contribution in [0.25, 0.3) is 11.8 Å². The number of para-hydroxylation sites is 1. The molecular weight excluding hydrogens is 206 g/mol. The van der Waals surface area contributed by atoms with Gasteiger partial charge in [0, 0.05) is 6.08 Å². The van der Waals surface area contributed by atoms with Crippen LogP contribution in [0.3, 0.4) is 0 Å². The number of rotatable bonds is 3. The highest BCUT2D eigenvalue weighted by molar-refractivity contribution is 5.84. The van der Waals surface area contributed by atoms with Gasteiger partial charge in [0.25, 0.3) is 0 Å². The minimum atomic E-state index is -1.01. The molecule has 0 fully saturated rings. The summed E-state index contributed by atoms with van der Waals surface area (Å²) in [7, 11) is 0. The van der Waals surface area contributed by atoms with Gasteiger partial charge in [0.05, 0.1) is 11.9 Å². The molecule has 0 saturated heterocycles. The minimum Gasteiger partial charge on any atom is -0.478 e. The van der Waals surface area contributed by atoms with Crippen LogP contribution in [0.15, 0.2) is 42.6 Å². The summed E-state index contributed by atoms with van der Waals surface area (Å²) in [6.45, 7) is 0. The molecule has 16 heavy (non-hydrogen) atoms. The van der Waals surface area contributed by atoms with Gasteiger partial charge >= 0.3 is 5.97 Å². The molecular formula is C11H9N3O2. The molecule has 1 heterocycles. The smallest absolute Gasteiger partial charge is 0.328 e. The number of carboxylic acids is 1. The van der Waals surface area contributed by atoms with Crippen molar-refractivity contribution in [3.8, 4) is 5.69 Å². The Kier molecular flexibility index (Phi) is 2.77. The Morgan fingerprint density at radius 1 is 1.31 bits per heavy atom. The second kappa shape index (κ2) is 4.39. The highest BCUT2D eigenvalue weighted by Crippen LogP contribution is 2.04. The van der Waals surface area contributed by atoms with Crippen LogP contribution >= 0.6 is 0 Å². The molecule has 2 aromatic rings. The van der Waals surface area contributed by atoms with Gasteiger partial charge in [-0.25, -0.2) is 4.79 Å². The van der Waals surface area contributed by atoms with E-state index >= 15 is 0 Å². The largest absolute Gasteiger partial charge is 0.478 e. The predicted molar refractivity (Wildman–Crippen MR) is 58.0 cm³/mol. The Balaban J connectivity index is 2.23. The van der Waals surface area contributed by atoms with Gasteiger partial charge in [0.2, 0.25) is 0 Å². The summed E-state index contributed by atoms with van der Waals surface area (Å²) in [4.78, 5) is 11.8. The SMILES string of the molecule is O=C(O)/C=C\c1cnn(-c2ccccc2)n1. The van der Waals surface area contributed by atoms with Crippen LogP contribution in [0.2, 0.25) is 0 Å². The van der Waals surface area contributed by atoms with Crippen molar-refractivity contribution < 1.29 is 9.90 Å². The van der Waals surface area contributed by atoms with Crippen LogP contribution in [0.5, 0.6) is 0 Å². The van der Waals surface area contributed by atoms with Gasteiger partial charge in [-0.1, -0.05) is 18.2 Å². The van der Waals surface area contributed by atoms with Gasteiger partial charge in [-0.2, -0.15) is 9.90 Å². The van der Waals surface area contributed by atoms with E-state index in [0.717, 1.165) is 11.8 Å². The van der Waals surface area contributed by atoms with Crippen LogP contribution in [0.1, 0.15) is 5.69 Å². The highest BCUT2D eigenvalue weighted by Gasteiger charge is 1.99. The second-order valence-electron chi connectivity index (χ2n) is 3.07. The maximum absolute atomic E-state index is 10.3. The normalized spacial score (nSPS) is 10.8. The molecule has 0 spiro atoms. The number of carboxylic acid groups (broad SMARTS) is 1. The molecule has 0 unspecified atom stereocenters. The van der Waals surface area contributed by atoms with Crippen LogP contribution < -0.4 is 0 Å². The maximum Gasteiger partial charge on any atom is 0.328 e. The first-order valence-electron chi connectivity index (χ1n) is 4.64. The van der Waals surface area contributed by atoms with E-state index in [1.807, 2.05) is 30.3 Å². The van der Waals surface area contributed by atoms with Crippen molar-refractivity contribution in [2.45, 2.75) is 0 Å². The third kappa shape index (κ3) is 2.33. The van der Waals surface area contributed by atoms with E-state index in [-0.39, 0.29) is 0 Å². The first-order valence-corrected chi connectivity index (χ1v) is 4.64. The summed E-state index contributed by atoms with van der Waals surface area (Å²) in [5, 5.41) is 16.6. The summed E-state index contributed by atoms with van der Waals surface area (Å²) in [5.74, 6) is -1.01. The van der Waals surface area contributed by atoms with Crippen molar-refractivity contribution in [1.29, 1.82) is 0 Å². The molecule has 2 rings (SSSR count). The summed E-state index contributed by atoms with van der Waals surface area (Å²) in [6.07, 6.45) is 3.93. The van der Waals surface area contributed by atoms with Crippen LogP contribution in [0.4, 0.5) is 0 Å². The summed E-state index contributed by atoms with van der Waals surface area (Å²) >= 11 is 0. The predicted octanol–water partition coefficient (Wildman–Crippen LogP) is 1.37. The fourth-order valence-corrected chi connectivity index (χ4v) is 1.19. The van der Waals surface area contributed by atoms with Crippen molar-refractivity contribution in [3.05, 3.63) is 48.3 Å². The lowest BCUT2D eigenvalue weighted by Gasteiger charge is -1.96. The summed E-state index contributed by atoms with van der Waals surface area (Å²) < 4.78 is 0. The van der Waals surface area contributed by atoms with E-state index in [0.29, 0.717) is 5.69 Å². The van der Waals surface area contributed by atoms with Gasteiger partial charge in [0.1, 0.15) is 5.69 Å². The first-order chi connectivity index (χ1) is 7.75. The molecule has 0 atom stereocenters. The zero-order valence-electron chi connectivity index (χ0n) is 8.32. The third-order valence-electron chi connectivity index (χ3n) is 1.89. The third-order valence-corrected chi connectivity index (χ3v) is 1.89. The Morgan fingerprint density at radius 2 is 2.06 bits per heavy atom. The molecule has 0 aliphatic rings. The van der Waals surface area contributed by atoms with E-state index in [4.69, 9.17) is 5.11 Å². The molecule has 0 aliphatic heterocycles. The molecule has 0 saturated carbocycles. The average Bonchev–Trinajstić information content (AvgIpc) is 2.76. The van der Waals surface area contributed by atoms with E-state index in [1.54, 1.807) is 0 Å². The number of carbonyl (C=O) groups is 1. The number of aliphatic carboxylic acids is 1. The minimum absolute atomic E-state index is 0.506. The van der Waals surface area contributed by atoms with Crippen molar-refractivity contribution in [1.82, 2.24) is 15.0 Å². The van der Waals surface area contributed by atoms with Gasteiger partial charge in [0.15, 0.2) is 0 Å². The average molecular weight is 215 g/mol. The fraction of sp³-hybridized carbons (Fsp3) is 0. The number of hydrogen-bond donors (Lipinski definition) is 1. The molecule has 0 amide bonds. The van der Waals surface area contributed by atoms with Crippen molar-refractivity contribution in [2.24, 2.45) is 0 Å². The second-order valence-corrected chi connectivity index (χ2v) is 3.07. The lowest BCUT2D eigenvalue weighted by Crippen LogP contribution is -1.97. The summed E-state index contributed by atoms with van der Waals surface area (Å²) in [6, 6.07) is 9.39. The van der Waals surface area contributed by atoms with Crippen molar-refractivity contribution >= 4 is 12.0 Å². The van der Waals surface area contributed by atoms with E-state index in [9.17, 15) is 4.79 Å². The van der Waals surface area contributed by atoms with Crippen LogP contribution in [0, 0.1) is 0 Å². The Labute approximate surface area is 91.6 Å². The number of benzene rings is 1. The van der Waals surface area contributed by atoms with E-state index in [1.165, 1.54) is 17.1 Å². The zero-order chi connectivity index (χ0) is 11.4. The van der Waals surface area contributed by atoms with Crippen molar-refractivity contribution in [2.75, 3.05) is 0 Å². The summed E-state index contributed by atoms with van der Waals surface area (Å²) in [5.41, 5.74) is 1.34. The lowest BCUT2D eigenvalue weighted by molar-refractivity contribution is -0.131. The molecule has 0 bridgehead atoms. The Morgan fingerprint density at radius 3 is 2.75 bits per heavy atom. The fourth-order valence-electron chi connectivity index (χ4n) is 1.19. The molecule has 5 heteroatoms. The Hall–Kier alpha value is -2.43. The van der Waals surface area contributed by atoms with E-state index in [2.05, 4.69) is 10.2 Å². The molecule has 80 valence electrons. The quantitative estimate of drug-likeness (QED) is 0.785. The number of hydrogen-bond acceptors (Lipinski definition) is 3. The number of nitrogens with zero attached hydrogens (tertiary/aromatic N) is 3. The molecule has 1 aromatic carbocycles. The standard InChI is InChI=1S/C11H9N3O2/c15-11(16)7-6-9-8-12-14(13-9)10-4-2-1-3-5-10/h1-8H,(H,15,16)/b7-6-. The van der Waals surface area contributed by atoms with Gasteiger partial charge in [-0.3, -0.25) is 0 Å². The molecule has 1 aromatic heterocycles. The van der Waals surface area contributed by atoms with Crippen LogP contribution in [-0.2, 0) is 4.79 Å². The maximum atomic E-state index is 10.3. The monoisotopic (exact) mass is 215 g/mol. The number of aromatic nitrogens is 3. The van der Waals surface area contributed by atoms with Gasteiger partial charge in [-0.05, 0) is 18.2 Å². The molecule has 5 nitrogen and oxygen atoms in total. The lowest BCUT2D eigenvalue weighted by atomic mass is 10.3. The van der Waals surface area contributed by atoms with Crippen molar-refractivity contribution in [3.63, 3.8) is 0 Å². The van der Waals surface area contributed by atoms with E-state index < -0.39 is 5.97 Å². The first kappa shape index (κ1) is 10.1. The van der Waals surface area contributed by atoms with Gasteiger partial charge in [-0.15, -0.1) is 5.10 Å². The zero-order valence-corrected chi connectivity index (χ0v) is 8.32. The molecule has 1 N–H and O–H groups in total. The Bertz CT molecular complexity index is 517. The highest BCUT2D eigenvalue weighted by atomic mass is 16.4. The van der Waals surface area contributed by atoms with Gasteiger partial charge < -0.3 is 5.11 Å².